The first-order chi connectivity index (χ1) is 7.91. The molecule has 0 fully saturated rings. The van der Waals surface area contributed by atoms with Gasteiger partial charge >= 0.3 is 0 Å². The van der Waals surface area contributed by atoms with Crippen molar-refractivity contribution in [1.29, 1.82) is 0 Å². The van der Waals surface area contributed by atoms with Crippen LogP contribution in [0.3, 0.4) is 0 Å². The van der Waals surface area contributed by atoms with Crippen molar-refractivity contribution in [1.82, 2.24) is 0 Å². The number of nitrogens with two attached hydrogens (primary N) is 1. The lowest BCUT2D eigenvalue weighted by Gasteiger charge is -2.13. The fourth-order valence-corrected chi connectivity index (χ4v) is 2.17. The Labute approximate surface area is 108 Å². The summed E-state index contributed by atoms with van der Waals surface area (Å²) in [7, 11) is 0. The first-order valence-corrected chi connectivity index (χ1v) is 6.98. The molecule has 0 amide bonds. The van der Waals surface area contributed by atoms with Gasteiger partial charge in [-0.1, -0.05) is 51.3 Å². The zero-order valence-electron chi connectivity index (χ0n) is 12.3. The second kappa shape index (κ2) is 9.32. The topological polar surface area (TPSA) is 26.0 Å². The van der Waals surface area contributed by atoms with E-state index in [2.05, 4.69) is 40.3 Å². The lowest BCUT2D eigenvalue weighted by atomic mass is 9.93. The van der Waals surface area contributed by atoms with Crippen molar-refractivity contribution in [2.45, 2.75) is 66.2 Å². The number of allylic oxidation sites excluding steroid dienone is 3. The molecule has 100 valence electrons. The van der Waals surface area contributed by atoms with Gasteiger partial charge in [0, 0.05) is 5.70 Å². The summed E-state index contributed by atoms with van der Waals surface area (Å²) in [5, 5.41) is 0. The maximum atomic E-state index is 5.62. The summed E-state index contributed by atoms with van der Waals surface area (Å²) in [6.45, 7) is 12.7. The predicted molar refractivity (Wildman–Crippen MR) is 78.8 cm³/mol. The summed E-state index contributed by atoms with van der Waals surface area (Å²) >= 11 is 0. The van der Waals surface area contributed by atoms with Crippen molar-refractivity contribution in [3.05, 3.63) is 23.9 Å². The van der Waals surface area contributed by atoms with Gasteiger partial charge < -0.3 is 5.73 Å². The van der Waals surface area contributed by atoms with Gasteiger partial charge in [0.05, 0.1) is 0 Å². The lowest BCUT2D eigenvalue weighted by molar-refractivity contribution is 0.424. The molecule has 0 heterocycles. The van der Waals surface area contributed by atoms with Crippen LogP contribution in [-0.4, -0.2) is 0 Å². The van der Waals surface area contributed by atoms with Crippen molar-refractivity contribution in [2.75, 3.05) is 0 Å². The molecule has 2 unspecified atom stereocenters. The first kappa shape index (κ1) is 16.3. The molecule has 0 aromatic rings. The number of hydrogen-bond donors (Lipinski definition) is 1. The molecule has 0 spiro atoms. The van der Waals surface area contributed by atoms with Crippen LogP contribution >= 0.6 is 0 Å². The average Bonchev–Trinajstić information content (AvgIpc) is 2.15. The maximum Gasteiger partial charge on any atom is 0.00101 e. The van der Waals surface area contributed by atoms with Gasteiger partial charge in [0.15, 0.2) is 0 Å². The predicted octanol–water partition coefficient (Wildman–Crippen LogP) is 5.04. The van der Waals surface area contributed by atoms with Crippen molar-refractivity contribution >= 4 is 0 Å². The number of hydrogen-bond acceptors (Lipinski definition) is 1. The largest absolute Gasteiger partial charge is 0.403 e. The molecule has 0 bridgehead atoms. The van der Waals surface area contributed by atoms with E-state index in [0.717, 1.165) is 18.0 Å². The average molecular weight is 237 g/mol. The van der Waals surface area contributed by atoms with Gasteiger partial charge in [-0.3, -0.25) is 0 Å². The van der Waals surface area contributed by atoms with Gasteiger partial charge in [-0.2, -0.15) is 0 Å². The standard InChI is InChI=1S/C16H31N/c1-13(2)8-6-9-14(3)10-7-11-15(4)12-16(5)17/h8,14-15H,5-7,9-12,17H2,1-4H3. The molecule has 0 aromatic carbocycles. The third kappa shape index (κ3) is 11.5. The normalized spacial score (nSPS) is 14.1. The molecule has 0 aliphatic rings. The molecular weight excluding hydrogens is 206 g/mol. The van der Waals surface area contributed by atoms with Crippen LogP contribution in [0, 0.1) is 11.8 Å². The minimum atomic E-state index is 0.692. The summed E-state index contributed by atoms with van der Waals surface area (Å²) in [5.41, 5.74) is 7.88. The van der Waals surface area contributed by atoms with E-state index in [4.69, 9.17) is 5.73 Å². The Hall–Kier alpha value is -0.720. The molecule has 0 radical (unpaired) electrons. The first-order valence-electron chi connectivity index (χ1n) is 6.98. The molecule has 0 aromatic heterocycles. The molecule has 0 rings (SSSR count). The Morgan fingerprint density at radius 2 is 1.71 bits per heavy atom. The highest BCUT2D eigenvalue weighted by atomic mass is 14.6. The molecule has 0 saturated heterocycles. The quantitative estimate of drug-likeness (QED) is 0.559. The maximum absolute atomic E-state index is 5.62. The van der Waals surface area contributed by atoms with Gasteiger partial charge in [0.25, 0.3) is 0 Å². The Kier molecular flexibility index (Phi) is 8.93. The SMILES string of the molecule is C=C(N)CC(C)CCCC(C)CCC=C(C)C. The minimum Gasteiger partial charge on any atom is -0.403 e. The molecule has 2 N–H and O–H groups in total. The van der Waals surface area contributed by atoms with Gasteiger partial charge in [0.1, 0.15) is 0 Å². The summed E-state index contributed by atoms with van der Waals surface area (Å²) in [6.07, 6.45) is 9.83. The lowest BCUT2D eigenvalue weighted by Crippen LogP contribution is -2.03. The number of rotatable bonds is 9. The van der Waals surface area contributed by atoms with E-state index >= 15 is 0 Å². The zero-order chi connectivity index (χ0) is 13.3. The van der Waals surface area contributed by atoms with Gasteiger partial charge in [0.2, 0.25) is 0 Å². The molecule has 0 saturated carbocycles. The molecule has 0 aliphatic carbocycles. The van der Waals surface area contributed by atoms with Crippen LogP contribution in [0.25, 0.3) is 0 Å². The van der Waals surface area contributed by atoms with Crippen LogP contribution < -0.4 is 5.73 Å². The summed E-state index contributed by atoms with van der Waals surface area (Å²) in [6, 6.07) is 0. The van der Waals surface area contributed by atoms with E-state index in [1.807, 2.05) is 0 Å². The molecule has 2 atom stereocenters. The van der Waals surface area contributed by atoms with Gasteiger partial charge in [-0.25, -0.2) is 0 Å². The van der Waals surface area contributed by atoms with Crippen LogP contribution in [0.5, 0.6) is 0 Å². The Balaban J connectivity index is 3.53. The van der Waals surface area contributed by atoms with E-state index in [1.54, 1.807) is 0 Å². The van der Waals surface area contributed by atoms with Gasteiger partial charge in [-0.05, 0) is 44.9 Å². The Morgan fingerprint density at radius 1 is 1.12 bits per heavy atom. The van der Waals surface area contributed by atoms with Crippen molar-refractivity contribution in [3.63, 3.8) is 0 Å². The van der Waals surface area contributed by atoms with E-state index in [1.165, 1.54) is 37.7 Å². The van der Waals surface area contributed by atoms with E-state index < -0.39 is 0 Å². The van der Waals surface area contributed by atoms with Crippen molar-refractivity contribution in [2.24, 2.45) is 17.6 Å². The smallest absolute Gasteiger partial charge is 0.00101 e. The van der Waals surface area contributed by atoms with Crippen molar-refractivity contribution < 1.29 is 0 Å². The summed E-state index contributed by atoms with van der Waals surface area (Å²) in [5.74, 6) is 1.54. The van der Waals surface area contributed by atoms with E-state index in [-0.39, 0.29) is 0 Å². The van der Waals surface area contributed by atoms with Crippen LogP contribution in [0.1, 0.15) is 66.2 Å². The Morgan fingerprint density at radius 3 is 2.24 bits per heavy atom. The fourth-order valence-electron chi connectivity index (χ4n) is 2.17. The third-order valence-electron chi connectivity index (χ3n) is 3.22. The van der Waals surface area contributed by atoms with E-state index in [0.29, 0.717) is 5.92 Å². The monoisotopic (exact) mass is 237 g/mol. The highest BCUT2D eigenvalue weighted by Gasteiger charge is 2.05. The van der Waals surface area contributed by atoms with Crippen LogP contribution in [0.2, 0.25) is 0 Å². The molecule has 17 heavy (non-hydrogen) atoms. The highest BCUT2D eigenvalue weighted by Crippen LogP contribution is 2.19. The van der Waals surface area contributed by atoms with Crippen LogP contribution in [0.15, 0.2) is 23.9 Å². The second-order valence-electron chi connectivity index (χ2n) is 5.86. The highest BCUT2D eigenvalue weighted by molar-refractivity contribution is 4.92. The van der Waals surface area contributed by atoms with Crippen LogP contribution in [-0.2, 0) is 0 Å². The van der Waals surface area contributed by atoms with Crippen molar-refractivity contribution in [3.8, 4) is 0 Å². The second-order valence-corrected chi connectivity index (χ2v) is 5.86. The molecule has 1 heteroatoms. The van der Waals surface area contributed by atoms with E-state index in [9.17, 15) is 0 Å². The van der Waals surface area contributed by atoms with Crippen LogP contribution in [0.4, 0.5) is 0 Å². The molecule has 1 nitrogen and oxygen atoms in total. The zero-order valence-corrected chi connectivity index (χ0v) is 12.3. The summed E-state index contributed by atoms with van der Waals surface area (Å²) in [4.78, 5) is 0. The molecule has 0 aliphatic heterocycles. The Bertz CT molecular complexity index is 236. The van der Waals surface area contributed by atoms with Gasteiger partial charge in [-0.15, -0.1) is 0 Å². The fraction of sp³-hybridized carbons (Fsp3) is 0.750. The molecular formula is C16H31N. The third-order valence-corrected chi connectivity index (χ3v) is 3.22. The summed E-state index contributed by atoms with van der Waals surface area (Å²) < 4.78 is 0. The minimum absolute atomic E-state index is 0.692.